The van der Waals surface area contributed by atoms with Gasteiger partial charge in [-0.3, -0.25) is 4.79 Å². The number of hydrogen-bond acceptors (Lipinski definition) is 3. The van der Waals surface area contributed by atoms with Crippen molar-refractivity contribution in [3.63, 3.8) is 0 Å². The summed E-state index contributed by atoms with van der Waals surface area (Å²) in [4.78, 5) is 16.0. The molecule has 0 aliphatic rings. The van der Waals surface area contributed by atoms with Gasteiger partial charge in [0.1, 0.15) is 0 Å². The van der Waals surface area contributed by atoms with Gasteiger partial charge in [0, 0.05) is 38.8 Å². The van der Waals surface area contributed by atoms with E-state index in [4.69, 9.17) is 5.26 Å². The maximum atomic E-state index is 12.0. The van der Waals surface area contributed by atoms with Crippen LogP contribution < -0.4 is 4.90 Å². The van der Waals surface area contributed by atoms with Crippen LogP contribution in [0, 0.1) is 11.3 Å². The Bertz CT molecular complexity index is 453. The fraction of sp³-hybridized carbons (Fsp3) is 0.529. The Morgan fingerprint density at radius 3 is 2.52 bits per heavy atom. The number of carbonyl (C=O) groups is 1. The predicted octanol–water partition coefficient (Wildman–Crippen LogP) is 3.06. The normalized spacial score (nSPS) is 9.95. The molecule has 1 rings (SSSR count). The van der Waals surface area contributed by atoms with Crippen LogP contribution in [-0.2, 0) is 4.79 Å². The van der Waals surface area contributed by atoms with Gasteiger partial charge >= 0.3 is 0 Å². The molecule has 4 heteroatoms. The number of anilines is 1. The number of hydrogen-bond donors (Lipinski definition) is 0. The lowest BCUT2D eigenvalue weighted by molar-refractivity contribution is -0.129. The maximum absolute atomic E-state index is 12.0. The van der Waals surface area contributed by atoms with Gasteiger partial charge in [-0.05, 0) is 18.6 Å². The number of nitriles is 1. The molecule has 0 unspecified atom stereocenters. The topological polar surface area (TPSA) is 47.3 Å². The lowest BCUT2D eigenvalue weighted by Crippen LogP contribution is -2.33. The zero-order chi connectivity index (χ0) is 15.5. The Hall–Kier alpha value is -2.02. The van der Waals surface area contributed by atoms with E-state index >= 15 is 0 Å². The molecule has 21 heavy (non-hydrogen) atoms. The van der Waals surface area contributed by atoms with Crippen molar-refractivity contribution in [2.24, 2.45) is 0 Å². The van der Waals surface area contributed by atoms with E-state index in [9.17, 15) is 4.79 Å². The first-order valence-electron chi connectivity index (χ1n) is 7.60. The molecular formula is C17H25N3O. The zero-order valence-corrected chi connectivity index (χ0v) is 13.1. The van der Waals surface area contributed by atoms with E-state index in [1.165, 1.54) is 5.69 Å². The molecule has 0 saturated carbocycles. The fourth-order valence-corrected chi connectivity index (χ4v) is 2.12. The molecule has 0 aliphatic carbocycles. The summed E-state index contributed by atoms with van der Waals surface area (Å²) >= 11 is 0. The lowest BCUT2D eigenvalue weighted by atomic mass is 10.2. The van der Waals surface area contributed by atoms with Gasteiger partial charge in [-0.2, -0.15) is 5.26 Å². The van der Waals surface area contributed by atoms with Gasteiger partial charge in [0.15, 0.2) is 0 Å². The molecule has 0 fully saturated rings. The summed E-state index contributed by atoms with van der Waals surface area (Å²) in [6.45, 7) is 4.37. The number of rotatable bonds is 9. The van der Waals surface area contributed by atoms with E-state index in [1.807, 2.05) is 18.2 Å². The quantitative estimate of drug-likeness (QED) is 0.701. The molecule has 1 aromatic rings. The molecule has 1 amide bonds. The average molecular weight is 287 g/mol. The van der Waals surface area contributed by atoms with Crippen LogP contribution in [0.5, 0.6) is 0 Å². The first-order valence-corrected chi connectivity index (χ1v) is 7.60. The number of carbonyl (C=O) groups excluding carboxylic acids is 1. The second kappa shape index (κ2) is 9.82. The highest BCUT2D eigenvalue weighted by molar-refractivity contribution is 5.76. The van der Waals surface area contributed by atoms with Crippen LogP contribution in [-0.4, -0.2) is 37.5 Å². The van der Waals surface area contributed by atoms with Crippen molar-refractivity contribution >= 4 is 11.6 Å². The van der Waals surface area contributed by atoms with Crippen molar-refractivity contribution in [1.29, 1.82) is 5.26 Å². The van der Waals surface area contributed by atoms with Crippen LogP contribution in [0.25, 0.3) is 0 Å². The zero-order valence-electron chi connectivity index (χ0n) is 13.1. The smallest absolute Gasteiger partial charge is 0.224 e. The van der Waals surface area contributed by atoms with Gasteiger partial charge in [-0.25, -0.2) is 0 Å². The van der Waals surface area contributed by atoms with Crippen LogP contribution >= 0.6 is 0 Å². The van der Waals surface area contributed by atoms with Crippen LogP contribution in [0.2, 0.25) is 0 Å². The van der Waals surface area contributed by atoms with E-state index in [-0.39, 0.29) is 5.91 Å². The highest BCUT2D eigenvalue weighted by atomic mass is 16.2. The average Bonchev–Trinajstić information content (AvgIpc) is 2.53. The summed E-state index contributed by atoms with van der Waals surface area (Å²) in [6.07, 6.45) is 3.13. The van der Waals surface area contributed by atoms with Gasteiger partial charge in [-0.15, -0.1) is 0 Å². The number of para-hydroxylation sites is 1. The molecular weight excluding hydrogens is 262 g/mol. The third-order valence-corrected chi connectivity index (χ3v) is 3.48. The molecule has 0 radical (unpaired) electrons. The van der Waals surface area contributed by atoms with Crippen molar-refractivity contribution in [2.75, 3.05) is 31.6 Å². The van der Waals surface area contributed by atoms with Crippen molar-refractivity contribution in [2.45, 2.75) is 32.6 Å². The Kier molecular flexibility index (Phi) is 7.96. The van der Waals surface area contributed by atoms with Gasteiger partial charge in [0.05, 0.1) is 12.5 Å². The van der Waals surface area contributed by atoms with Gasteiger partial charge in [-0.1, -0.05) is 31.5 Å². The third-order valence-electron chi connectivity index (χ3n) is 3.48. The summed E-state index contributed by atoms with van der Waals surface area (Å²) in [5, 5.41) is 8.56. The SMILES string of the molecule is CCCCN(CCC(=O)N(C)CCC#N)c1ccccc1. The second-order valence-electron chi connectivity index (χ2n) is 5.15. The Labute approximate surface area is 128 Å². The molecule has 0 aliphatic heterocycles. The highest BCUT2D eigenvalue weighted by Gasteiger charge is 2.12. The number of benzene rings is 1. The summed E-state index contributed by atoms with van der Waals surface area (Å²) < 4.78 is 0. The van der Waals surface area contributed by atoms with E-state index in [1.54, 1.807) is 11.9 Å². The Morgan fingerprint density at radius 1 is 1.19 bits per heavy atom. The largest absolute Gasteiger partial charge is 0.371 e. The molecule has 1 aromatic carbocycles. The van der Waals surface area contributed by atoms with E-state index in [0.29, 0.717) is 19.4 Å². The standard InChI is InChI=1S/C17H25N3O/c1-3-4-14-20(16-9-6-5-7-10-16)15-11-17(21)19(2)13-8-12-18/h5-7,9-10H,3-4,8,11,13-15H2,1-2H3. The second-order valence-corrected chi connectivity index (χ2v) is 5.15. The minimum absolute atomic E-state index is 0.0997. The molecule has 0 spiro atoms. The lowest BCUT2D eigenvalue weighted by Gasteiger charge is -2.25. The molecule has 0 aromatic heterocycles. The molecule has 4 nitrogen and oxygen atoms in total. The minimum Gasteiger partial charge on any atom is -0.371 e. The van der Waals surface area contributed by atoms with Crippen molar-refractivity contribution in [3.8, 4) is 6.07 Å². The van der Waals surface area contributed by atoms with Crippen LogP contribution in [0.15, 0.2) is 30.3 Å². The Morgan fingerprint density at radius 2 is 1.90 bits per heavy atom. The first-order chi connectivity index (χ1) is 10.2. The van der Waals surface area contributed by atoms with Gasteiger partial charge in [0.2, 0.25) is 5.91 Å². The van der Waals surface area contributed by atoms with E-state index in [0.717, 1.165) is 25.9 Å². The highest BCUT2D eigenvalue weighted by Crippen LogP contribution is 2.14. The van der Waals surface area contributed by atoms with Crippen LogP contribution in [0.4, 0.5) is 5.69 Å². The van der Waals surface area contributed by atoms with E-state index < -0.39 is 0 Å². The molecule has 0 atom stereocenters. The van der Waals surface area contributed by atoms with Crippen LogP contribution in [0.3, 0.4) is 0 Å². The van der Waals surface area contributed by atoms with Crippen molar-refractivity contribution in [3.05, 3.63) is 30.3 Å². The van der Waals surface area contributed by atoms with Gasteiger partial charge < -0.3 is 9.80 Å². The number of amides is 1. The Balaban J connectivity index is 2.54. The molecule has 0 N–H and O–H groups in total. The summed E-state index contributed by atoms with van der Waals surface area (Å²) in [5.74, 6) is 0.0997. The summed E-state index contributed by atoms with van der Waals surface area (Å²) in [6, 6.07) is 12.3. The van der Waals surface area contributed by atoms with E-state index in [2.05, 4.69) is 30.0 Å². The van der Waals surface area contributed by atoms with Crippen molar-refractivity contribution in [1.82, 2.24) is 4.90 Å². The molecule has 0 saturated heterocycles. The maximum Gasteiger partial charge on any atom is 0.224 e. The van der Waals surface area contributed by atoms with Gasteiger partial charge in [0.25, 0.3) is 0 Å². The number of unbranched alkanes of at least 4 members (excludes halogenated alkanes) is 1. The fourth-order valence-electron chi connectivity index (χ4n) is 2.12. The van der Waals surface area contributed by atoms with Crippen LogP contribution in [0.1, 0.15) is 32.6 Å². The molecule has 0 heterocycles. The molecule has 114 valence electrons. The number of nitrogens with zero attached hydrogens (tertiary/aromatic N) is 3. The summed E-state index contributed by atoms with van der Waals surface area (Å²) in [5.41, 5.74) is 1.17. The third kappa shape index (κ3) is 6.31. The summed E-state index contributed by atoms with van der Waals surface area (Å²) in [7, 11) is 1.76. The predicted molar refractivity (Wildman–Crippen MR) is 86.0 cm³/mol. The minimum atomic E-state index is 0.0997. The first kappa shape index (κ1) is 17.0. The monoisotopic (exact) mass is 287 g/mol. The molecule has 0 bridgehead atoms. The van der Waals surface area contributed by atoms with Crippen molar-refractivity contribution < 1.29 is 4.79 Å².